The van der Waals surface area contributed by atoms with Crippen molar-refractivity contribution in [1.82, 2.24) is 9.80 Å². The number of aliphatic imine (C=N–C) groups is 1. The third-order valence-electron chi connectivity index (χ3n) is 3.95. The van der Waals surface area contributed by atoms with Gasteiger partial charge in [-0.2, -0.15) is 0 Å². The van der Waals surface area contributed by atoms with Gasteiger partial charge in [0.15, 0.2) is 5.96 Å². The molecule has 1 unspecified atom stereocenters. The molecule has 0 spiro atoms. The van der Waals surface area contributed by atoms with Crippen LogP contribution in [0.3, 0.4) is 0 Å². The van der Waals surface area contributed by atoms with Gasteiger partial charge in [0.25, 0.3) is 0 Å². The predicted octanol–water partition coefficient (Wildman–Crippen LogP) is 2.34. The molecule has 1 aliphatic heterocycles. The average molecular weight is 494 g/mol. The number of ether oxygens (including phenoxy) is 1. The molecule has 1 aromatic rings. The van der Waals surface area contributed by atoms with Crippen LogP contribution in [0, 0.1) is 5.82 Å². The van der Waals surface area contributed by atoms with Crippen LogP contribution < -0.4 is 5.73 Å². The van der Waals surface area contributed by atoms with Gasteiger partial charge < -0.3 is 25.4 Å². The lowest BCUT2D eigenvalue weighted by Gasteiger charge is -2.36. The summed E-state index contributed by atoms with van der Waals surface area (Å²) in [5.41, 5.74) is 5.64. The molecular formula is C18H28FIN4O3. The first-order chi connectivity index (χ1) is 12.2. The zero-order valence-corrected chi connectivity index (χ0v) is 18.2. The number of aliphatic hydroxyl groups excluding tert-OH is 1. The fraction of sp³-hybridized carbons (Fsp3) is 0.556. The number of carbonyl (C=O) groups is 1. The highest BCUT2D eigenvalue weighted by molar-refractivity contribution is 14.0. The van der Waals surface area contributed by atoms with E-state index in [0.29, 0.717) is 26.2 Å². The third kappa shape index (κ3) is 7.13. The van der Waals surface area contributed by atoms with Gasteiger partial charge in [0.05, 0.1) is 6.54 Å². The second-order valence-corrected chi connectivity index (χ2v) is 7.19. The molecule has 1 heterocycles. The van der Waals surface area contributed by atoms with Gasteiger partial charge in [-0.3, -0.25) is 4.99 Å². The molecule has 0 aliphatic carbocycles. The number of carbonyl (C=O) groups excluding carboxylic acids is 1. The molecular weight excluding hydrogens is 466 g/mol. The maximum Gasteiger partial charge on any atom is 0.410 e. The summed E-state index contributed by atoms with van der Waals surface area (Å²) in [5.74, 6) is -0.205. The van der Waals surface area contributed by atoms with Gasteiger partial charge in [0.2, 0.25) is 0 Å². The molecule has 152 valence electrons. The summed E-state index contributed by atoms with van der Waals surface area (Å²) in [4.78, 5) is 19.7. The monoisotopic (exact) mass is 494 g/mol. The molecule has 0 saturated carbocycles. The number of piperazine rings is 1. The molecule has 7 nitrogen and oxygen atoms in total. The molecule has 0 radical (unpaired) electrons. The van der Waals surface area contributed by atoms with E-state index in [0.717, 1.165) is 0 Å². The fourth-order valence-electron chi connectivity index (χ4n) is 2.57. The Morgan fingerprint density at radius 3 is 2.37 bits per heavy atom. The van der Waals surface area contributed by atoms with Crippen LogP contribution in [-0.2, 0) is 4.74 Å². The molecule has 2 rings (SSSR count). The fourth-order valence-corrected chi connectivity index (χ4v) is 2.57. The SMILES string of the molecule is CC(C)(C)OC(=O)N1CCN(C(N)=NCC(O)c2ccccc2F)CC1.I. The van der Waals surface area contributed by atoms with E-state index in [9.17, 15) is 14.3 Å². The van der Waals surface area contributed by atoms with Gasteiger partial charge in [-0.25, -0.2) is 9.18 Å². The summed E-state index contributed by atoms with van der Waals surface area (Å²) in [6.07, 6.45) is -1.40. The molecule has 1 aromatic carbocycles. The lowest BCUT2D eigenvalue weighted by molar-refractivity contribution is 0.0186. The molecule has 1 fully saturated rings. The van der Waals surface area contributed by atoms with E-state index < -0.39 is 17.5 Å². The number of benzene rings is 1. The van der Waals surface area contributed by atoms with E-state index in [1.54, 1.807) is 17.0 Å². The van der Waals surface area contributed by atoms with Crippen molar-refractivity contribution in [1.29, 1.82) is 0 Å². The first-order valence-corrected chi connectivity index (χ1v) is 8.62. The van der Waals surface area contributed by atoms with E-state index in [4.69, 9.17) is 10.5 Å². The zero-order valence-electron chi connectivity index (χ0n) is 15.9. The van der Waals surface area contributed by atoms with Crippen LogP contribution in [0.15, 0.2) is 29.3 Å². The maximum atomic E-state index is 13.7. The largest absolute Gasteiger partial charge is 0.444 e. The van der Waals surface area contributed by atoms with Gasteiger partial charge in [0.1, 0.15) is 17.5 Å². The Morgan fingerprint density at radius 2 is 1.81 bits per heavy atom. The zero-order chi connectivity index (χ0) is 19.3. The first kappa shape index (κ1) is 23.4. The molecule has 9 heteroatoms. The summed E-state index contributed by atoms with van der Waals surface area (Å²) in [5, 5.41) is 10.1. The van der Waals surface area contributed by atoms with E-state index in [2.05, 4.69) is 4.99 Å². The van der Waals surface area contributed by atoms with Crippen molar-refractivity contribution in [3.63, 3.8) is 0 Å². The van der Waals surface area contributed by atoms with Crippen LogP contribution in [0.4, 0.5) is 9.18 Å². The molecule has 1 aliphatic rings. The maximum absolute atomic E-state index is 13.7. The standard InChI is InChI=1S/C18H27FN4O3.HI/c1-18(2,3)26-17(25)23-10-8-22(9-11-23)16(20)21-12-15(24)13-6-4-5-7-14(13)19;/h4-7,15,24H,8-12H2,1-3H3,(H2,20,21);1H. The van der Waals surface area contributed by atoms with Crippen LogP contribution in [0.2, 0.25) is 0 Å². The molecule has 1 saturated heterocycles. The lowest BCUT2D eigenvalue weighted by atomic mass is 10.1. The second kappa shape index (κ2) is 10.1. The Hall–Kier alpha value is -1.62. The van der Waals surface area contributed by atoms with Crippen molar-refractivity contribution in [2.75, 3.05) is 32.7 Å². The topological polar surface area (TPSA) is 91.4 Å². The van der Waals surface area contributed by atoms with Crippen molar-refractivity contribution >= 4 is 36.0 Å². The third-order valence-corrected chi connectivity index (χ3v) is 3.95. The summed E-state index contributed by atoms with van der Waals surface area (Å²) >= 11 is 0. The predicted molar refractivity (Wildman–Crippen MR) is 113 cm³/mol. The summed E-state index contributed by atoms with van der Waals surface area (Å²) < 4.78 is 19.0. The number of aliphatic hydroxyl groups is 1. The number of nitrogens with two attached hydrogens (primary N) is 1. The molecule has 0 bridgehead atoms. The highest BCUT2D eigenvalue weighted by atomic mass is 127. The minimum Gasteiger partial charge on any atom is -0.444 e. The van der Waals surface area contributed by atoms with E-state index in [1.807, 2.05) is 25.7 Å². The minimum atomic E-state index is -1.06. The number of hydrogen-bond acceptors (Lipinski definition) is 4. The van der Waals surface area contributed by atoms with Crippen molar-refractivity contribution in [2.45, 2.75) is 32.5 Å². The quantitative estimate of drug-likeness (QED) is 0.383. The highest BCUT2D eigenvalue weighted by Crippen LogP contribution is 2.17. The Morgan fingerprint density at radius 1 is 1.26 bits per heavy atom. The number of hydrogen-bond donors (Lipinski definition) is 2. The van der Waals surface area contributed by atoms with Crippen molar-refractivity contribution in [3.8, 4) is 0 Å². The Kier molecular flexibility index (Phi) is 8.73. The number of nitrogens with zero attached hydrogens (tertiary/aromatic N) is 3. The van der Waals surface area contributed by atoms with E-state index >= 15 is 0 Å². The van der Waals surface area contributed by atoms with Gasteiger partial charge in [0, 0.05) is 31.7 Å². The van der Waals surface area contributed by atoms with Crippen molar-refractivity contribution in [3.05, 3.63) is 35.6 Å². The molecule has 1 atom stereocenters. The van der Waals surface area contributed by atoms with Crippen LogP contribution in [0.1, 0.15) is 32.4 Å². The van der Waals surface area contributed by atoms with Crippen LogP contribution in [0.25, 0.3) is 0 Å². The second-order valence-electron chi connectivity index (χ2n) is 7.19. The summed E-state index contributed by atoms with van der Waals surface area (Å²) in [6.45, 7) is 7.43. The van der Waals surface area contributed by atoms with Gasteiger partial charge in [-0.05, 0) is 26.8 Å². The summed E-state index contributed by atoms with van der Waals surface area (Å²) in [7, 11) is 0. The van der Waals surface area contributed by atoms with Crippen LogP contribution in [-0.4, -0.2) is 65.3 Å². The first-order valence-electron chi connectivity index (χ1n) is 8.62. The van der Waals surface area contributed by atoms with Crippen LogP contribution in [0.5, 0.6) is 0 Å². The molecule has 3 N–H and O–H groups in total. The van der Waals surface area contributed by atoms with Crippen LogP contribution >= 0.6 is 24.0 Å². The highest BCUT2D eigenvalue weighted by Gasteiger charge is 2.26. The molecule has 27 heavy (non-hydrogen) atoms. The van der Waals surface area contributed by atoms with Crippen molar-refractivity contribution in [2.24, 2.45) is 10.7 Å². The van der Waals surface area contributed by atoms with E-state index in [1.165, 1.54) is 12.1 Å². The normalized spacial score (nSPS) is 16.6. The minimum absolute atomic E-state index is 0. The number of guanidine groups is 1. The average Bonchev–Trinajstić information content (AvgIpc) is 2.58. The molecule has 1 amide bonds. The number of amides is 1. The van der Waals surface area contributed by atoms with Gasteiger partial charge in [-0.15, -0.1) is 24.0 Å². The van der Waals surface area contributed by atoms with Gasteiger partial charge in [-0.1, -0.05) is 18.2 Å². The van der Waals surface area contributed by atoms with Gasteiger partial charge >= 0.3 is 6.09 Å². The Bertz CT molecular complexity index is 658. The Labute approximate surface area is 176 Å². The summed E-state index contributed by atoms with van der Waals surface area (Å²) in [6, 6.07) is 6.03. The van der Waals surface area contributed by atoms with E-state index in [-0.39, 0.29) is 48.1 Å². The smallest absolute Gasteiger partial charge is 0.410 e. The number of halogens is 2. The van der Waals surface area contributed by atoms with Crippen molar-refractivity contribution < 1.29 is 19.0 Å². The Balaban J connectivity index is 0.00000364. The number of rotatable bonds is 3. The molecule has 0 aromatic heterocycles. The lowest BCUT2D eigenvalue weighted by Crippen LogP contribution is -2.53.